The van der Waals surface area contributed by atoms with E-state index < -0.39 is 17.9 Å². The molecule has 0 aliphatic rings. The summed E-state index contributed by atoms with van der Waals surface area (Å²) in [6, 6.07) is 4.11. The molecule has 104 valence electrons. The van der Waals surface area contributed by atoms with Crippen LogP contribution in [0.2, 0.25) is 0 Å². The van der Waals surface area contributed by atoms with Crippen molar-refractivity contribution in [3.8, 4) is 5.75 Å². The number of ether oxygens (including phenoxy) is 1. The first kappa shape index (κ1) is 15.7. The fourth-order valence-electron chi connectivity index (χ4n) is 1.54. The number of amides is 1. The largest absolute Gasteiger partial charge is 0.497 e. The number of hydrogen-bond acceptors (Lipinski definition) is 3. The van der Waals surface area contributed by atoms with Gasteiger partial charge in [-0.3, -0.25) is 4.79 Å². The molecule has 1 atom stereocenters. The molecule has 1 aromatic carbocycles. The first-order chi connectivity index (χ1) is 8.86. The van der Waals surface area contributed by atoms with Crippen LogP contribution in [0.1, 0.15) is 24.2 Å². The standard InChI is InChI=1S/C13H16INO4/c1-7(2)11(13(17)18)15-12(16)9-5-4-8(19-3)6-10(9)14/h4-7,11H,1-3H3,(H,15,16)(H,17,18). The summed E-state index contributed by atoms with van der Waals surface area (Å²) >= 11 is 2.02. The van der Waals surface area contributed by atoms with E-state index in [1.54, 1.807) is 39.2 Å². The Bertz CT molecular complexity index is 488. The minimum absolute atomic E-state index is 0.183. The highest BCUT2D eigenvalue weighted by atomic mass is 127. The van der Waals surface area contributed by atoms with Crippen molar-refractivity contribution >= 4 is 34.5 Å². The molecule has 0 heterocycles. The molecule has 6 heteroatoms. The zero-order valence-corrected chi connectivity index (χ0v) is 13.1. The molecule has 5 nitrogen and oxygen atoms in total. The lowest BCUT2D eigenvalue weighted by Crippen LogP contribution is -2.44. The van der Waals surface area contributed by atoms with Crippen molar-refractivity contribution in [3.05, 3.63) is 27.3 Å². The van der Waals surface area contributed by atoms with E-state index in [0.717, 1.165) is 0 Å². The van der Waals surface area contributed by atoms with Gasteiger partial charge < -0.3 is 15.2 Å². The number of hydrogen-bond donors (Lipinski definition) is 2. The first-order valence-electron chi connectivity index (χ1n) is 5.74. The van der Waals surface area contributed by atoms with Crippen molar-refractivity contribution in [2.75, 3.05) is 7.11 Å². The number of carboxylic acids is 1. The van der Waals surface area contributed by atoms with E-state index in [1.807, 2.05) is 22.6 Å². The minimum Gasteiger partial charge on any atom is -0.497 e. The quantitative estimate of drug-likeness (QED) is 0.772. The zero-order chi connectivity index (χ0) is 14.6. The number of carboxylic acid groups (broad SMARTS) is 1. The van der Waals surface area contributed by atoms with Gasteiger partial charge in [-0.05, 0) is 46.7 Å². The maximum absolute atomic E-state index is 12.1. The van der Waals surface area contributed by atoms with Crippen molar-refractivity contribution < 1.29 is 19.4 Å². The van der Waals surface area contributed by atoms with Crippen LogP contribution in [-0.2, 0) is 4.79 Å². The van der Waals surface area contributed by atoms with Crippen LogP contribution >= 0.6 is 22.6 Å². The number of halogens is 1. The Morgan fingerprint density at radius 2 is 2.00 bits per heavy atom. The molecule has 1 unspecified atom stereocenters. The predicted octanol–water partition coefficient (Wildman–Crippen LogP) is 2.14. The number of aliphatic carboxylic acids is 1. The fourth-order valence-corrected chi connectivity index (χ4v) is 2.27. The number of benzene rings is 1. The predicted molar refractivity (Wildman–Crippen MR) is 79.4 cm³/mol. The summed E-state index contributed by atoms with van der Waals surface area (Å²) in [4.78, 5) is 23.1. The van der Waals surface area contributed by atoms with Crippen LogP contribution in [0.4, 0.5) is 0 Å². The topological polar surface area (TPSA) is 75.6 Å². The van der Waals surface area contributed by atoms with Gasteiger partial charge in [0.15, 0.2) is 0 Å². The molecule has 0 aliphatic carbocycles. The van der Waals surface area contributed by atoms with Gasteiger partial charge in [0.05, 0.1) is 12.7 Å². The highest BCUT2D eigenvalue weighted by Crippen LogP contribution is 2.19. The average Bonchev–Trinajstić information content (AvgIpc) is 2.34. The van der Waals surface area contributed by atoms with Gasteiger partial charge in [-0.2, -0.15) is 0 Å². The molecule has 0 aliphatic heterocycles. The van der Waals surface area contributed by atoms with E-state index >= 15 is 0 Å². The smallest absolute Gasteiger partial charge is 0.326 e. The van der Waals surface area contributed by atoms with Crippen molar-refractivity contribution in [2.24, 2.45) is 5.92 Å². The summed E-state index contributed by atoms with van der Waals surface area (Å²) in [6.45, 7) is 3.50. The van der Waals surface area contributed by atoms with Crippen LogP contribution in [0.25, 0.3) is 0 Å². The van der Waals surface area contributed by atoms with Crippen molar-refractivity contribution in [3.63, 3.8) is 0 Å². The van der Waals surface area contributed by atoms with Crippen LogP contribution in [0.3, 0.4) is 0 Å². The first-order valence-corrected chi connectivity index (χ1v) is 6.82. The molecule has 0 bridgehead atoms. The third-order valence-electron chi connectivity index (χ3n) is 2.64. The molecule has 2 N–H and O–H groups in total. The normalized spacial score (nSPS) is 12.1. The molecular formula is C13H16INO4. The lowest BCUT2D eigenvalue weighted by Gasteiger charge is -2.18. The van der Waals surface area contributed by atoms with Gasteiger partial charge in [0.1, 0.15) is 11.8 Å². The van der Waals surface area contributed by atoms with Gasteiger partial charge in [-0.1, -0.05) is 13.8 Å². The van der Waals surface area contributed by atoms with Gasteiger partial charge in [0.2, 0.25) is 0 Å². The molecule has 1 amide bonds. The van der Waals surface area contributed by atoms with E-state index in [2.05, 4.69) is 5.32 Å². The summed E-state index contributed by atoms with van der Waals surface area (Å²) in [7, 11) is 1.55. The zero-order valence-electron chi connectivity index (χ0n) is 10.9. The Morgan fingerprint density at radius 1 is 1.37 bits per heavy atom. The van der Waals surface area contributed by atoms with Crippen molar-refractivity contribution in [2.45, 2.75) is 19.9 Å². The average molecular weight is 377 g/mol. The Balaban J connectivity index is 2.91. The number of methoxy groups -OCH3 is 1. The van der Waals surface area contributed by atoms with Crippen LogP contribution in [0.5, 0.6) is 5.75 Å². The number of rotatable bonds is 5. The molecule has 0 spiro atoms. The second-order valence-electron chi connectivity index (χ2n) is 4.38. The minimum atomic E-state index is -1.04. The monoisotopic (exact) mass is 377 g/mol. The number of carbonyl (C=O) groups is 2. The summed E-state index contributed by atoms with van der Waals surface area (Å²) in [5.74, 6) is -0.961. The van der Waals surface area contributed by atoms with Gasteiger partial charge in [-0.15, -0.1) is 0 Å². The molecule has 0 fully saturated rings. The third kappa shape index (κ3) is 4.09. The fraction of sp³-hybridized carbons (Fsp3) is 0.385. The maximum Gasteiger partial charge on any atom is 0.326 e. The van der Waals surface area contributed by atoms with Crippen LogP contribution in [0.15, 0.2) is 18.2 Å². The maximum atomic E-state index is 12.1. The summed E-state index contributed by atoms with van der Waals surface area (Å²) in [5.41, 5.74) is 0.438. The Morgan fingerprint density at radius 3 is 2.42 bits per heavy atom. The van der Waals surface area contributed by atoms with Gasteiger partial charge >= 0.3 is 5.97 Å². The Labute approximate surface area is 125 Å². The second-order valence-corrected chi connectivity index (χ2v) is 5.54. The molecule has 1 aromatic rings. The SMILES string of the molecule is COc1ccc(C(=O)NC(C(=O)O)C(C)C)c(I)c1. The Hall–Kier alpha value is -1.31. The Kier molecular flexibility index (Phi) is 5.59. The molecule has 19 heavy (non-hydrogen) atoms. The van der Waals surface area contributed by atoms with Crippen molar-refractivity contribution in [1.82, 2.24) is 5.32 Å². The van der Waals surface area contributed by atoms with Crippen molar-refractivity contribution in [1.29, 1.82) is 0 Å². The van der Waals surface area contributed by atoms with E-state index in [1.165, 1.54) is 0 Å². The molecule has 1 rings (SSSR count). The highest BCUT2D eigenvalue weighted by molar-refractivity contribution is 14.1. The lowest BCUT2D eigenvalue weighted by molar-refractivity contribution is -0.140. The van der Waals surface area contributed by atoms with Crippen LogP contribution in [0, 0.1) is 9.49 Å². The molecule has 0 saturated heterocycles. The molecule has 0 radical (unpaired) electrons. The molecular weight excluding hydrogens is 361 g/mol. The van der Waals surface area contributed by atoms with Crippen LogP contribution < -0.4 is 10.1 Å². The third-order valence-corrected chi connectivity index (χ3v) is 3.53. The van der Waals surface area contributed by atoms with Crippen LogP contribution in [-0.4, -0.2) is 30.1 Å². The van der Waals surface area contributed by atoms with Gasteiger partial charge in [0.25, 0.3) is 5.91 Å². The molecule has 0 aromatic heterocycles. The molecule has 0 saturated carbocycles. The second kappa shape index (κ2) is 6.74. The lowest BCUT2D eigenvalue weighted by atomic mass is 10.0. The van der Waals surface area contributed by atoms with E-state index in [9.17, 15) is 9.59 Å². The van der Waals surface area contributed by atoms with Gasteiger partial charge in [0, 0.05) is 3.57 Å². The number of nitrogens with one attached hydrogen (secondary N) is 1. The summed E-state index contributed by atoms with van der Waals surface area (Å²) in [6.07, 6.45) is 0. The van der Waals surface area contributed by atoms with E-state index in [4.69, 9.17) is 9.84 Å². The summed E-state index contributed by atoms with van der Waals surface area (Å²) < 4.78 is 5.77. The summed E-state index contributed by atoms with van der Waals surface area (Å²) in [5, 5.41) is 11.6. The van der Waals surface area contributed by atoms with E-state index in [-0.39, 0.29) is 5.92 Å². The van der Waals surface area contributed by atoms with E-state index in [0.29, 0.717) is 14.9 Å². The van der Waals surface area contributed by atoms with Gasteiger partial charge in [-0.25, -0.2) is 4.79 Å². The number of carbonyl (C=O) groups excluding carboxylic acids is 1. The highest BCUT2D eigenvalue weighted by Gasteiger charge is 2.24.